The van der Waals surface area contributed by atoms with Crippen molar-refractivity contribution in [1.29, 1.82) is 0 Å². The lowest BCUT2D eigenvalue weighted by molar-refractivity contribution is -0.150. The summed E-state index contributed by atoms with van der Waals surface area (Å²) in [6, 6.07) is 4.73. The summed E-state index contributed by atoms with van der Waals surface area (Å²) >= 11 is 0. The quantitative estimate of drug-likeness (QED) is 0.812. The van der Waals surface area contributed by atoms with Crippen molar-refractivity contribution in [2.45, 2.75) is 38.6 Å². The minimum absolute atomic E-state index is 0.0104. The molecule has 0 fully saturated rings. The van der Waals surface area contributed by atoms with Gasteiger partial charge in [0, 0.05) is 16.7 Å². The fraction of sp³-hybridized carbons (Fsp3) is 0.421. The Hall–Kier alpha value is -2.51. The minimum atomic E-state index is -1.39. The van der Waals surface area contributed by atoms with Crippen LogP contribution in [0.5, 0.6) is 5.75 Å². The Labute approximate surface area is 150 Å². The number of ketones is 2. The summed E-state index contributed by atoms with van der Waals surface area (Å²) in [6.45, 7) is 3.49. The van der Waals surface area contributed by atoms with Crippen LogP contribution in [0.4, 0.5) is 0 Å². The van der Waals surface area contributed by atoms with Gasteiger partial charge in [-0.05, 0) is 19.9 Å². The molecule has 1 aliphatic heterocycles. The average Bonchev–Trinajstić information content (AvgIpc) is 2.61. The number of aliphatic hydroxyl groups excluding tert-OH is 1. The van der Waals surface area contributed by atoms with Crippen LogP contribution in [0.25, 0.3) is 0 Å². The molecule has 1 heterocycles. The monoisotopic (exact) mass is 360 g/mol. The number of rotatable bonds is 4. The molecular weight excluding hydrogens is 340 g/mol. The third-order valence-corrected chi connectivity index (χ3v) is 4.60. The van der Waals surface area contributed by atoms with Crippen LogP contribution in [0.2, 0.25) is 0 Å². The van der Waals surface area contributed by atoms with E-state index >= 15 is 0 Å². The number of carbonyl (C=O) groups excluding carboxylic acids is 3. The smallest absolute Gasteiger partial charge is 0.308 e. The summed E-state index contributed by atoms with van der Waals surface area (Å²) in [7, 11) is 1.42. The summed E-state index contributed by atoms with van der Waals surface area (Å²) in [5, 5.41) is 10.6. The maximum Gasteiger partial charge on any atom is 0.308 e. The Bertz CT molecular complexity index is 808. The Kier molecular flexibility index (Phi) is 4.93. The molecule has 0 saturated carbocycles. The molecule has 0 saturated heterocycles. The number of Topliss-reactive ketones (excluding diaryl/α,β-unsaturated/α-hetero) is 2. The van der Waals surface area contributed by atoms with E-state index in [0.717, 1.165) is 0 Å². The summed E-state index contributed by atoms with van der Waals surface area (Å²) < 4.78 is 15.8. The Balaban J connectivity index is 2.03. The largest absolute Gasteiger partial charge is 0.496 e. The zero-order valence-electron chi connectivity index (χ0n) is 14.8. The van der Waals surface area contributed by atoms with Crippen LogP contribution in [0.3, 0.4) is 0 Å². The van der Waals surface area contributed by atoms with Gasteiger partial charge in [0.2, 0.25) is 0 Å². The van der Waals surface area contributed by atoms with Crippen LogP contribution in [0, 0.1) is 0 Å². The Morgan fingerprint density at radius 3 is 2.62 bits per heavy atom. The highest BCUT2D eigenvalue weighted by Crippen LogP contribution is 2.39. The van der Waals surface area contributed by atoms with Gasteiger partial charge in [-0.2, -0.15) is 0 Å². The number of hydrogen-bond acceptors (Lipinski definition) is 7. The highest BCUT2D eigenvalue weighted by molar-refractivity contribution is 6.28. The van der Waals surface area contributed by atoms with E-state index in [0.29, 0.717) is 5.75 Å². The molecule has 1 N–H and O–H groups in total. The number of methoxy groups -OCH3 is 1. The molecule has 3 rings (SSSR count). The predicted octanol–water partition coefficient (Wildman–Crippen LogP) is 1.47. The number of carbonyl (C=O) groups is 3. The molecule has 2 aliphatic rings. The molecule has 0 aromatic heterocycles. The molecule has 0 bridgehead atoms. The second-order valence-corrected chi connectivity index (χ2v) is 6.14. The molecule has 3 atom stereocenters. The van der Waals surface area contributed by atoms with Crippen LogP contribution in [0.15, 0.2) is 29.3 Å². The molecule has 7 nitrogen and oxygen atoms in total. The van der Waals surface area contributed by atoms with Gasteiger partial charge < -0.3 is 19.3 Å². The van der Waals surface area contributed by atoms with Gasteiger partial charge in [0.25, 0.3) is 0 Å². The van der Waals surface area contributed by atoms with Crippen LogP contribution in [-0.4, -0.2) is 54.7 Å². The summed E-state index contributed by atoms with van der Waals surface area (Å²) in [5.74, 6) is -1.11. The number of hydrogen-bond donors (Lipinski definition) is 1. The molecule has 1 aliphatic carbocycles. The van der Waals surface area contributed by atoms with Crippen molar-refractivity contribution in [1.82, 2.24) is 0 Å². The van der Waals surface area contributed by atoms with Gasteiger partial charge in [-0.25, -0.2) is 0 Å². The van der Waals surface area contributed by atoms with Gasteiger partial charge in [0.15, 0.2) is 11.6 Å². The highest BCUT2D eigenvalue weighted by Gasteiger charge is 2.46. The summed E-state index contributed by atoms with van der Waals surface area (Å²) in [5.41, 5.74) is 0.449. The van der Waals surface area contributed by atoms with Crippen molar-refractivity contribution in [3.05, 3.63) is 40.5 Å². The number of ether oxygens (including phenoxy) is 3. The van der Waals surface area contributed by atoms with E-state index in [1.54, 1.807) is 26.0 Å². The predicted molar refractivity (Wildman–Crippen MR) is 90.3 cm³/mol. The Morgan fingerprint density at radius 1 is 1.23 bits per heavy atom. The van der Waals surface area contributed by atoms with Crippen LogP contribution in [0.1, 0.15) is 41.0 Å². The van der Waals surface area contributed by atoms with Crippen molar-refractivity contribution in [3.8, 4) is 5.75 Å². The van der Waals surface area contributed by atoms with E-state index in [4.69, 9.17) is 14.2 Å². The molecule has 0 unspecified atom stereocenters. The molecule has 0 amide bonds. The fourth-order valence-electron chi connectivity index (χ4n) is 3.48. The van der Waals surface area contributed by atoms with Gasteiger partial charge >= 0.3 is 5.97 Å². The highest BCUT2D eigenvalue weighted by atomic mass is 16.5. The van der Waals surface area contributed by atoms with Crippen molar-refractivity contribution in [3.63, 3.8) is 0 Å². The number of benzene rings is 1. The molecule has 0 radical (unpaired) electrons. The third-order valence-electron chi connectivity index (χ3n) is 4.60. The zero-order valence-corrected chi connectivity index (χ0v) is 14.8. The van der Waals surface area contributed by atoms with Crippen LogP contribution >= 0.6 is 0 Å². The molecule has 1 aromatic rings. The topological polar surface area (TPSA) is 99.1 Å². The van der Waals surface area contributed by atoms with E-state index in [-0.39, 0.29) is 35.3 Å². The molecule has 26 heavy (non-hydrogen) atoms. The van der Waals surface area contributed by atoms with Crippen molar-refractivity contribution in [2.75, 3.05) is 13.7 Å². The van der Waals surface area contributed by atoms with Gasteiger partial charge in [-0.3, -0.25) is 14.4 Å². The summed E-state index contributed by atoms with van der Waals surface area (Å²) in [6.07, 6.45) is -3.29. The maximum atomic E-state index is 13.0. The van der Waals surface area contributed by atoms with Gasteiger partial charge in [-0.1, -0.05) is 12.1 Å². The third kappa shape index (κ3) is 2.83. The molecule has 138 valence electrons. The second kappa shape index (κ2) is 7.01. The van der Waals surface area contributed by atoms with E-state index in [2.05, 4.69) is 0 Å². The van der Waals surface area contributed by atoms with Crippen LogP contribution < -0.4 is 4.74 Å². The fourth-order valence-corrected chi connectivity index (χ4v) is 3.48. The maximum absolute atomic E-state index is 13.0. The molecule has 0 spiro atoms. The SMILES string of the molecule is CCOC(=O)C[C@H]1O[C@@H](C)C2=C(C(=O)c3cccc(OC)c3C2=O)[C@@H]1O. The van der Waals surface area contributed by atoms with E-state index in [1.165, 1.54) is 13.2 Å². The minimum Gasteiger partial charge on any atom is -0.496 e. The molecule has 1 aromatic carbocycles. The van der Waals surface area contributed by atoms with Crippen molar-refractivity contribution >= 4 is 17.5 Å². The normalized spacial score (nSPS) is 24.8. The van der Waals surface area contributed by atoms with Gasteiger partial charge in [-0.15, -0.1) is 0 Å². The van der Waals surface area contributed by atoms with Gasteiger partial charge in [0.05, 0.1) is 37.9 Å². The van der Waals surface area contributed by atoms with Crippen molar-refractivity contribution < 1.29 is 33.7 Å². The van der Waals surface area contributed by atoms with E-state index < -0.39 is 35.8 Å². The van der Waals surface area contributed by atoms with E-state index in [1.807, 2.05) is 0 Å². The zero-order chi connectivity index (χ0) is 19.0. The molecule has 7 heteroatoms. The van der Waals surface area contributed by atoms with E-state index in [9.17, 15) is 19.5 Å². The lowest BCUT2D eigenvalue weighted by Crippen LogP contribution is -2.47. The summed E-state index contributed by atoms with van der Waals surface area (Å²) in [4.78, 5) is 37.7. The number of esters is 1. The number of aliphatic hydroxyl groups is 1. The number of fused-ring (bicyclic) bond motifs is 1. The Morgan fingerprint density at radius 2 is 1.96 bits per heavy atom. The standard InChI is InChI=1S/C19H20O7/c1-4-25-13(20)8-12-18(22)16-14(9(2)26-12)19(23)15-10(17(16)21)6-5-7-11(15)24-3/h5-7,9,12,18,22H,4,8H2,1-3H3/t9-,12+,18+/m0/s1. The first kappa shape index (κ1) is 18.3. The molecular formula is C19H20O7. The lowest BCUT2D eigenvalue weighted by atomic mass is 9.77. The first-order chi connectivity index (χ1) is 12.4. The van der Waals surface area contributed by atoms with Crippen LogP contribution in [-0.2, 0) is 14.3 Å². The first-order valence-corrected chi connectivity index (χ1v) is 8.40. The average molecular weight is 360 g/mol. The van der Waals surface area contributed by atoms with Gasteiger partial charge in [0.1, 0.15) is 11.9 Å². The first-order valence-electron chi connectivity index (χ1n) is 8.40. The van der Waals surface area contributed by atoms with Crippen molar-refractivity contribution in [2.24, 2.45) is 0 Å². The lowest BCUT2D eigenvalue weighted by Gasteiger charge is -2.37. The second-order valence-electron chi connectivity index (χ2n) is 6.14.